The molecule has 0 unspecified atom stereocenters. The quantitative estimate of drug-likeness (QED) is 0.481. The summed E-state index contributed by atoms with van der Waals surface area (Å²) in [6, 6.07) is 17.4. The van der Waals surface area contributed by atoms with Gasteiger partial charge in [-0.15, -0.1) is 24.8 Å². The highest BCUT2D eigenvalue weighted by Crippen LogP contribution is 2.18. The van der Waals surface area contributed by atoms with Gasteiger partial charge in [0.25, 0.3) is 0 Å². The molecule has 0 aliphatic rings. The number of amides is 1. The second kappa shape index (κ2) is 13.7. The fraction of sp³-hybridized carbons (Fsp3) is 0.304. The molecule has 3 rings (SSSR count). The third-order valence-electron chi connectivity index (χ3n) is 4.63. The highest BCUT2D eigenvalue weighted by Gasteiger charge is 2.15. The first kappa shape index (κ1) is 26.5. The van der Waals surface area contributed by atoms with Crippen molar-refractivity contribution in [2.75, 3.05) is 13.2 Å². The standard InChI is InChI=1S/C23H28N4O2.2ClH/c1-2-29-22-11-7-6-10-19(22)12-13-25-23(28)21(24)14-20-16-27(17-26-20)15-18-8-4-3-5-9-18;;/h3-11,16-17,21H,2,12-15,24H2,1H3,(H,25,28);2*1H/t21-;;/m0../s1. The number of carbonyl (C=O) groups excluding carboxylic acids is 1. The molecule has 1 heterocycles. The van der Waals surface area contributed by atoms with Crippen molar-refractivity contribution in [3.05, 3.63) is 83.9 Å². The van der Waals surface area contributed by atoms with E-state index in [1.165, 1.54) is 5.56 Å². The average molecular weight is 465 g/mol. The Labute approximate surface area is 196 Å². The van der Waals surface area contributed by atoms with Gasteiger partial charge in [0, 0.05) is 25.7 Å². The molecule has 0 bridgehead atoms. The first-order valence-corrected chi connectivity index (χ1v) is 9.94. The number of benzene rings is 2. The SMILES string of the molecule is CCOc1ccccc1CCNC(=O)[C@@H](N)Cc1cn(Cc2ccccc2)cn1.Cl.Cl. The van der Waals surface area contributed by atoms with Crippen LogP contribution in [0.3, 0.4) is 0 Å². The zero-order valence-electron chi connectivity index (χ0n) is 17.6. The van der Waals surface area contributed by atoms with Gasteiger partial charge in [0.15, 0.2) is 0 Å². The fourth-order valence-corrected chi connectivity index (χ4v) is 3.17. The van der Waals surface area contributed by atoms with Crippen LogP contribution < -0.4 is 15.8 Å². The van der Waals surface area contributed by atoms with Crippen LogP contribution >= 0.6 is 24.8 Å². The Morgan fingerprint density at radius 3 is 2.58 bits per heavy atom. The number of nitrogens with zero attached hydrogens (tertiary/aromatic N) is 2. The largest absolute Gasteiger partial charge is 0.494 e. The first-order valence-electron chi connectivity index (χ1n) is 9.94. The minimum Gasteiger partial charge on any atom is -0.494 e. The molecule has 0 saturated heterocycles. The van der Waals surface area contributed by atoms with Gasteiger partial charge in [-0.2, -0.15) is 0 Å². The first-order chi connectivity index (χ1) is 14.2. The van der Waals surface area contributed by atoms with Crippen molar-refractivity contribution in [2.45, 2.75) is 32.4 Å². The van der Waals surface area contributed by atoms with Gasteiger partial charge in [-0.1, -0.05) is 48.5 Å². The minimum absolute atomic E-state index is 0. The van der Waals surface area contributed by atoms with Gasteiger partial charge in [0.1, 0.15) is 5.75 Å². The number of carbonyl (C=O) groups is 1. The molecule has 168 valence electrons. The van der Waals surface area contributed by atoms with Gasteiger partial charge < -0.3 is 20.4 Å². The Bertz CT molecular complexity index is 919. The number of ether oxygens (including phenoxy) is 1. The van der Waals surface area contributed by atoms with E-state index in [9.17, 15) is 4.79 Å². The van der Waals surface area contributed by atoms with E-state index in [0.29, 0.717) is 26.0 Å². The molecule has 0 spiro atoms. The lowest BCUT2D eigenvalue weighted by molar-refractivity contribution is -0.122. The van der Waals surface area contributed by atoms with Crippen LogP contribution in [0, 0.1) is 0 Å². The van der Waals surface area contributed by atoms with Crippen molar-refractivity contribution in [3.8, 4) is 5.75 Å². The number of nitrogens with two attached hydrogens (primary N) is 1. The fourth-order valence-electron chi connectivity index (χ4n) is 3.17. The Balaban J connectivity index is 0.00000240. The summed E-state index contributed by atoms with van der Waals surface area (Å²) in [5, 5.41) is 2.91. The minimum atomic E-state index is -0.628. The van der Waals surface area contributed by atoms with E-state index in [2.05, 4.69) is 22.4 Å². The van der Waals surface area contributed by atoms with Gasteiger partial charge in [0.2, 0.25) is 5.91 Å². The van der Waals surface area contributed by atoms with E-state index in [-0.39, 0.29) is 30.7 Å². The zero-order valence-corrected chi connectivity index (χ0v) is 19.2. The molecule has 0 aliphatic heterocycles. The molecule has 0 fully saturated rings. The zero-order chi connectivity index (χ0) is 20.5. The van der Waals surface area contributed by atoms with Gasteiger partial charge in [-0.25, -0.2) is 4.98 Å². The summed E-state index contributed by atoms with van der Waals surface area (Å²) < 4.78 is 7.62. The van der Waals surface area contributed by atoms with Crippen LogP contribution in [0.25, 0.3) is 0 Å². The van der Waals surface area contributed by atoms with Crippen LogP contribution in [0.4, 0.5) is 0 Å². The van der Waals surface area contributed by atoms with E-state index in [1.807, 2.05) is 60.2 Å². The van der Waals surface area contributed by atoms with Crippen molar-refractivity contribution in [2.24, 2.45) is 5.73 Å². The number of imidazole rings is 1. The summed E-state index contributed by atoms with van der Waals surface area (Å²) in [6.45, 7) is 3.83. The van der Waals surface area contributed by atoms with E-state index in [0.717, 1.165) is 23.6 Å². The predicted molar refractivity (Wildman–Crippen MR) is 128 cm³/mol. The van der Waals surface area contributed by atoms with Crippen LogP contribution in [0.5, 0.6) is 5.75 Å². The Hall–Kier alpha value is -2.54. The van der Waals surface area contributed by atoms with Gasteiger partial charge in [0.05, 0.1) is 24.7 Å². The lowest BCUT2D eigenvalue weighted by Crippen LogP contribution is -2.42. The van der Waals surface area contributed by atoms with E-state index in [1.54, 1.807) is 6.33 Å². The predicted octanol–water partition coefficient (Wildman–Crippen LogP) is 3.40. The van der Waals surface area contributed by atoms with Crippen molar-refractivity contribution in [1.29, 1.82) is 0 Å². The molecule has 3 aromatic rings. The molecule has 0 aliphatic carbocycles. The molecular formula is C23H30Cl2N4O2. The lowest BCUT2D eigenvalue weighted by Gasteiger charge is -2.13. The monoisotopic (exact) mass is 464 g/mol. The molecule has 1 atom stereocenters. The van der Waals surface area contributed by atoms with Crippen molar-refractivity contribution in [1.82, 2.24) is 14.9 Å². The van der Waals surface area contributed by atoms with Gasteiger partial charge >= 0.3 is 0 Å². The average Bonchev–Trinajstić information content (AvgIpc) is 3.16. The van der Waals surface area contributed by atoms with Crippen molar-refractivity contribution in [3.63, 3.8) is 0 Å². The lowest BCUT2D eigenvalue weighted by atomic mass is 10.1. The number of aromatic nitrogens is 2. The summed E-state index contributed by atoms with van der Waals surface area (Å²) in [4.78, 5) is 16.7. The maximum Gasteiger partial charge on any atom is 0.237 e. The third-order valence-corrected chi connectivity index (χ3v) is 4.63. The number of nitrogens with one attached hydrogen (secondary N) is 1. The summed E-state index contributed by atoms with van der Waals surface area (Å²) in [5.41, 5.74) is 9.16. The third kappa shape index (κ3) is 8.25. The topological polar surface area (TPSA) is 82.2 Å². The Kier molecular flexibility index (Phi) is 11.7. The molecule has 8 heteroatoms. The van der Waals surface area contributed by atoms with Gasteiger partial charge in [-0.3, -0.25) is 4.79 Å². The molecule has 0 saturated carbocycles. The van der Waals surface area contributed by atoms with Gasteiger partial charge in [-0.05, 0) is 30.5 Å². The van der Waals surface area contributed by atoms with Crippen LogP contribution in [-0.2, 0) is 24.2 Å². The van der Waals surface area contributed by atoms with Crippen molar-refractivity contribution >= 4 is 30.7 Å². The molecule has 2 aromatic carbocycles. The summed E-state index contributed by atoms with van der Waals surface area (Å²) in [7, 11) is 0. The van der Waals surface area contributed by atoms with Crippen LogP contribution in [0.2, 0.25) is 0 Å². The molecule has 1 aromatic heterocycles. The number of hydrogen-bond acceptors (Lipinski definition) is 4. The highest BCUT2D eigenvalue weighted by atomic mass is 35.5. The smallest absolute Gasteiger partial charge is 0.237 e. The second-order valence-corrected chi connectivity index (χ2v) is 6.92. The van der Waals surface area contributed by atoms with Crippen molar-refractivity contribution < 1.29 is 9.53 Å². The van der Waals surface area contributed by atoms with E-state index < -0.39 is 6.04 Å². The van der Waals surface area contributed by atoms with Crippen LogP contribution in [0.1, 0.15) is 23.7 Å². The maximum atomic E-state index is 12.3. The maximum absolute atomic E-state index is 12.3. The number of para-hydroxylation sites is 1. The Morgan fingerprint density at radius 1 is 1.13 bits per heavy atom. The summed E-state index contributed by atoms with van der Waals surface area (Å²) in [6.07, 6.45) is 4.82. The summed E-state index contributed by atoms with van der Waals surface area (Å²) >= 11 is 0. The number of halogens is 2. The second-order valence-electron chi connectivity index (χ2n) is 6.92. The van der Waals surface area contributed by atoms with Crippen LogP contribution in [0.15, 0.2) is 67.1 Å². The normalized spacial score (nSPS) is 11.0. The molecule has 31 heavy (non-hydrogen) atoms. The molecule has 1 amide bonds. The molecule has 0 radical (unpaired) electrons. The molecule has 6 nitrogen and oxygen atoms in total. The van der Waals surface area contributed by atoms with Crippen LogP contribution in [-0.4, -0.2) is 34.7 Å². The highest BCUT2D eigenvalue weighted by molar-refractivity contribution is 5.85. The van der Waals surface area contributed by atoms with E-state index >= 15 is 0 Å². The Morgan fingerprint density at radius 2 is 1.84 bits per heavy atom. The summed E-state index contributed by atoms with van der Waals surface area (Å²) in [5.74, 6) is 0.689. The number of hydrogen-bond donors (Lipinski definition) is 2. The molecular weight excluding hydrogens is 435 g/mol. The van der Waals surface area contributed by atoms with E-state index in [4.69, 9.17) is 10.5 Å². The number of rotatable bonds is 10. The molecule has 3 N–H and O–H groups in total.